The van der Waals surface area contributed by atoms with E-state index in [2.05, 4.69) is 32.9 Å². The van der Waals surface area contributed by atoms with Gasteiger partial charge in [-0.3, -0.25) is 9.48 Å². The minimum absolute atomic E-state index is 0.200. The fraction of sp³-hybridized carbons (Fsp3) is 0.143. The zero-order valence-corrected chi connectivity index (χ0v) is 11.9. The van der Waals surface area contributed by atoms with Crippen LogP contribution in [-0.4, -0.2) is 15.7 Å². The molecule has 2 rings (SSSR count). The van der Waals surface area contributed by atoms with Gasteiger partial charge in [0.1, 0.15) is 0 Å². The number of halogens is 1. The van der Waals surface area contributed by atoms with Crippen LogP contribution in [0.4, 0.5) is 5.69 Å². The summed E-state index contributed by atoms with van der Waals surface area (Å²) < 4.78 is 2.87. The van der Waals surface area contributed by atoms with Gasteiger partial charge in [0.2, 0.25) is 5.91 Å². The van der Waals surface area contributed by atoms with E-state index in [0.717, 1.165) is 23.1 Å². The molecule has 2 aromatic rings. The molecule has 1 N–H and O–H groups in total. The first kappa shape index (κ1) is 13.5. The van der Waals surface area contributed by atoms with Crippen molar-refractivity contribution in [3.05, 3.63) is 59.4 Å². The van der Waals surface area contributed by atoms with Crippen molar-refractivity contribution in [1.29, 1.82) is 0 Å². The first-order chi connectivity index (χ1) is 9.17. The Morgan fingerprint density at radius 3 is 2.74 bits per heavy atom. The van der Waals surface area contributed by atoms with Crippen molar-refractivity contribution < 1.29 is 4.79 Å². The van der Waals surface area contributed by atoms with Crippen molar-refractivity contribution >= 4 is 27.5 Å². The summed E-state index contributed by atoms with van der Waals surface area (Å²) in [7, 11) is 0. The van der Waals surface area contributed by atoms with Crippen LogP contribution in [0.2, 0.25) is 0 Å². The maximum Gasteiger partial charge on any atom is 0.247 e. The van der Waals surface area contributed by atoms with Crippen molar-refractivity contribution in [2.75, 3.05) is 5.32 Å². The summed E-state index contributed by atoms with van der Waals surface area (Å²) in [6.45, 7) is 4.24. The number of hydrogen-bond acceptors (Lipinski definition) is 2. The molecule has 0 spiro atoms. The molecule has 0 atom stereocenters. The van der Waals surface area contributed by atoms with Gasteiger partial charge in [-0.25, -0.2) is 0 Å². The molecule has 19 heavy (non-hydrogen) atoms. The smallest absolute Gasteiger partial charge is 0.247 e. The molecule has 0 saturated heterocycles. The van der Waals surface area contributed by atoms with Crippen LogP contribution in [0.15, 0.2) is 53.8 Å². The second-order valence-corrected chi connectivity index (χ2v) is 4.98. The highest BCUT2D eigenvalue weighted by Gasteiger charge is 1.99. The lowest BCUT2D eigenvalue weighted by Gasteiger charge is -2.05. The van der Waals surface area contributed by atoms with E-state index in [4.69, 9.17) is 0 Å². The number of nitrogens with one attached hydrogen (secondary N) is 1. The number of rotatable bonds is 5. The lowest BCUT2D eigenvalue weighted by molar-refractivity contribution is -0.111. The Bertz CT molecular complexity index is 575. The second kappa shape index (κ2) is 6.33. The van der Waals surface area contributed by atoms with Crippen LogP contribution in [-0.2, 0) is 17.8 Å². The lowest BCUT2D eigenvalue weighted by Crippen LogP contribution is -2.07. The van der Waals surface area contributed by atoms with Crippen LogP contribution in [0.25, 0.3) is 0 Å². The predicted octanol–water partition coefficient (Wildman–Crippen LogP) is 3.01. The first-order valence-electron chi connectivity index (χ1n) is 5.87. The zero-order valence-electron chi connectivity index (χ0n) is 10.3. The highest BCUT2D eigenvalue weighted by molar-refractivity contribution is 9.10. The van der Waals surface area contributed by atoms with E-state index >= 15 is 0 Å². The van der Waals surface area contributed by atoms with Crippen LogP contribution in [0.1, 0.15) is 5.56 Å². The molecule has 0 fully saturated rings. The van der Waals surface area contributed by atoms with Gasteiger partial charge in [-0.05, 0) is 46.1 Å². The van der Waals surface area contributed by atoms with Gasteiger partial charge >= 0.3 is 0 Å². The van der Waals surface area contributed by atoms with Gasteiger partial charge < -0.3 is 5.32 Å². The van der Waals surface area contributed by atoms with Gasteiger partial charge in [-0.1, -0.05) is 18.7 Å². The van der Waals surface area contributed by atoms with E-state index in [1.54, 1.807) is 6.20 Å². The van der Waals surface area contributed by atoms with Gasteiger partial charge in [0.15, 0.2) is 0 Å². The minimum Gasteiger partial charge on any atom is -0.323 e. The molecule has 1 aromatic heterocycles. The minimum atomic E-state index is -0.200. The summed E-state index contributed by atoms with van der Waals surface area (Å²) in [5, 5.41) is 6.92. The molecule has 5 heteroatoms. The Hall–Kier alpha value is -1.88. The number of carbonyl (C=O) groups is 1. The van der Waals surface area contributed by atoms with Crippen LogP contribution in [0.5, 0.6) is 0 Å². The molecule has 0 aliphatic rings. The van der Waals surface area contributed by atoms with Crippen LogP contribution < -0.4 is 5.32 Å². The van der Waals surface area contributed by atoms with Crippen molar-refractivity contribution in [3.63, 3.8) is 0 Å². The van der Waals surface area contributed by atoms with Gasteiger partial charge in [-0.15, -0.1) is 0 Å². The topological polar surface area (TPSA) is 46.9 Å². The quantitative estimate of drug-likeness (QED) is 0.861. The Morgan fingerprint density at radius 2 is 2.16 bits per heavy atom. The maximum absolute atomic E-state index is 11.1. The third-order valence-corrected chi connectivity index (χ3v) is 3.05. The number of hydrogen-bond donors (Lipinski definition) is 1. The molecule has 0 saturated carbocycles. The Balaban J connectivity index is 1.91. The van der Waals surface area contributed by atoms with Crippen LogP contribution >= 0.6 is 15.9 Å². The molecule has 0 bridgehead atoms. The van der Waals surface area contributed by atoms with Crippen molar-refractivity contribution in [1.82, 2.24) is 9.78 Å². The second-order valence-electron chi connectivity index (χ2n) is 4.06. The molecule has 0 radical (unpaired) electrons. The van der Waals surface area contributed by atoms with Gasteiger partial charge in [0.05, 0.1) is 10.7 Å². The third kappa shape index (κ3) is 4.06. The molecule has 4 nitrogen and oxygen atoms in total. The van der Waals surface area contributed by atoms with E-state index in [1.165, 1.54) is 11.6 Å². The Labute approximate surface area is 120 Å². The summed E-state index contributed by atoms with van der Waals surface area (Å²) >= 11 is 3.37. The average molecular weight is 320 g/mol. The molecule has 0 aliphatic heterocycles. The predicted molar refractivity (Wildman–Crippen MR) is 78.9 cm³/mol. The molecule has 1 heterocycles. The van der Waals surface area contributed by atoms with Gasteiger partial charge in [0.25, 0.3) is 0 Å². The molecule has 0 unspecified atom stereocenters. The number of benzene rings is 1. The molecule has 1 aromatic carbocycles. The van der Waals surface area contributed by atoms with E-state index in [1.807, 2.05) is 35.1 Å². The summed E-state index contributed by atoms with van der Waals surface area (Å²) in [6.07, 6.45) is 5.86. The molecular formula is C14H14BrN3O. The number of aryl methyl sites for hydroxylation is 2. The maximum atomic E-state index is 11.1. The highest BCUT2D eigenvalue weighted by atomic mass is 79.9. The van der Waals surface area contributed by atoms with Crippen molar-refractivity contribution in [3.8, 4) is 0 Å². The van der Waals surface area contributed by atoms with E-state index < -0.39 is 0 Å². The molecule has 98 valence electrons. The number of anilines is 1. The zero-order chi connectivity index (χ0) is 13.7. The monoisotopic (exact) mass is 319 g/mol. The first-order valence-corrected chi connectivity index (χ1v) is 6.67. The molecule has 1 amide bonds. The summed E-state index contributed by atoms with van der Waals surface area (Å²) in [4.78, 5) is 11.1. The van der Waals surface area contributed by atoms with Gasteiger partial charge in [-0.2, -0.15) is 5.10 Å². The highest BCUT2D eigenvalue weighted by Crippen LogP contribution is 2.11. The molecular weight excluding hydrogens is 306 g/mol. The lowest BCUT2D eigenvalue weighted by atomic mass is 10.1. The van der Waals surface area contributed by atoms with Crippen LogP contribution in [0.3, 0.4) is 0 Å². The third-order valence-electron chi connectivity index (χ3n) is 2.64. The number of nitrogens with zero attached hydrogens (tertiary/aromatic N) is 2. The summed E-state index contributed by atoms with van der Waals surface area (Å²) in [5.41, 5.74) is 1.97. The Kier molecular flexibility index (Phi) is 4.52. The largest absolute Gasteiger partial charge is 0.323 e. The number of amides is 1. The number of carbonyl (C=O) groups excluding carboxylic acids is 1. The summed E-state index contributed by atoms with van der Waals surface area (Å²) in [5.74, 6) is -0.200. The number of aromatic nitrogens is 2. The van der Waals surface area contributed by atoms with Crippen LogP contribution in [0, 0.1) is 0 Å². The standard InChI is InChI=1S/C14H14BrN3O/c1-2-14(19)17-13-5-3-11(4-6-13)7-8-18-10-12(15)9-16-18/h2-6,9-10H,1,7-8H2,(H,17,19). The van der Waals surface area contributed by atoms with E-state index in [-0.39, 0.29) is 5.91 Å². The summed E-state index contributed by atoms with van der Waals surface area (Å²) in [6, 6.07) is 7.76. The average Bonchev–Trinajstić information content (AvgIpc) is 2.83. The molecule has 0 aliphatic carbocycles. The van der Waals surface area contributed by atoms with E-state index in [9.17, 15) is 4.79 Å². The fourth-order valence-electron chi connectivity index (χ4n) is 1.65. The Morgan fingerprint density at radius 1 is 1.42 bits per heavy atom. The van der Waals surface area contributed by atoms with Crippen molar-refractivity contribution in [2.24, 2.45) is 0 Å². The SMILES string of the molecule is C=CC(=O)Nc1ccc(CCn2cc(Br)cn2)cc1. The van der Waals surface area contributed by atoms with Gasteiger partial charge in [0, 0.05) is 18.4 Å². The van der Waals surface area contributed by atoms with Crippen molar-refractivity contribution in [2.45, 2.75) is 13.0 Å². The normalized spacial score (nSPS) is 10.2. The fourth-order valence-corrected chi connectivity index (χ4v) is 1.98. The van der Waals surface area contributed by atoms with E-state index in [0.29, 0.717) is 0 Å².